The summed E-state index contributed by atoms with van der Waals surface area (Å²) in [4.78, 5) is 0. The second kappa shape index (κ2) is 4.25. The molecule has 0 spiro atoms. The van der Waals surface area contributed by atoms with Crippen molar-refractivity contribution in [2.45, 2.75) is 65.6 Å². The highest BCUT2D eigenvalue weighted by Crippen LogP contribution is 2.31. The number of rotatable bonds is 4. The Morgan fingerprint density at radius 2 is 2.06 bits per heavy atom. The topological polar surface area (TPSA) is 17.0 Å². The van der Waals surface area contributed by atoms with Gasteiger partial charge in [0.05, 0.1) is 0 Å². The minimum absolute atomic E-state index is 0.411. The van der Waals surface area contributed by atoms with Gasteiger partial charge in [-0.15, -0.1) is 0 Å². The van der Waals surface area contributed by atoms with Gasteiger partial charge >= 0.3 is 0 Å². The monoisotopic (exact) mass is 220 g/mol. The standard InChI is InChI=1S/C14H24N2/c1-5-16-11(2)9-13(12(16)3)10-15-14(4)7-6-8-14/h9,15H,5-8,10H2,1-4H3. The van der Waals surface area contributed by atoms with E-state index in [0.717, 1.165) is 13.1 Å². The predicted octanol–water partition coefficient (Wildman–Crippen LogP) is 3.16. The van der Waals surface area contributed by atoms with Crippen LogP contribution in [0.2, 0.25) is 0 Å². The van der Waals surface area contributed by atoms with Gasteiger partial charge in [0.2, 0.25) is 0 Å². The van der Waals surface area contributed by atoms with Gasteiger partial charge < -0.3 is 9.88 Å². The van der Waals surface area contributed by atoms with Crippen LogP contribution >= 0.6 is 0 Å². The number of hydrogen-bond acceptors (Lipinski definition) is 1. The average molecular weight is 220 g/mol. The third kappa shape index (κ3) is 2.03. The summed E-state index contributed by atoms with van der Waals surface area (Å²) in [6.07, 6.45) is 4.05. The van der Waals surface area contributed by atoms with Crippen molar-refractivity contribution in [1.29, 1.82) is 0 Å². The van der Waals surface area contributed by atoms with Crippen molar-refractivity contribution in [2.24, 2.45) is 0 Å². The molecule has 1 heterocycles. The van der Waals surface area contributed by atoms with Crippen LogP contribution in [0, 0.1) is 13.8 Å². The minimum atomic E-state index is 0.411. The Hall–Kier alpha value is -0.760. The Morgan fingerprint density at radius 1 is 1.38 bits per heavy atom. The van der Waals surface area contributed by atoms with Crippen LogP contribution in [0.3, 0.4) is 0 Å². The number of hydrogen-bond donors (Lipinski definition) is 1. The number of aromatic nitrogens is 1. The molecule has 1 N–H and O–H groups in total. The zero-order valence-electron chi connectivity index (χ0n) is 11.1. The molecule has 16 heavy (non-hydrogen) atoms. The van der Waals surface area contributed by atoms with E-state index in [0.29, 0.717) is 5.54 Å². The first-order valence-corrected chi connectivity index (χ1v) is 6.46. The van der Waals surface area contributed by atoms with Crippen molar-refractivity contribution in [3.05, 3.63) is 23.0 Å². The van der Waals surface area contributed by atoms with Crippen LogP contribution in [-0.2, 0) is 13.1 Å². The Balaban J connectivity index is 2.04. The molecule has 0 aliphatic heterocycles. The molecule has 1 aliphatic rings. The highest BCUT2D eigenvalue weighted by Gasteiger charge is 2.30. The molecule has 2 rings (SSSR count). The van der Waals surface area contributed by atoms with Crippen LogP contribution in [0.5, 0.6) is 0 Å². The summed E-state index contributed by atoms with van der Waals surface area (Å²) in [5.74, 6) is 0. The predicted molar refractivity (Wildman–Crippen MR) is 68.7 cm³/mol. The summed E-state index contributed by atoms with van der Waals surface area (Å²) < 4.78 is 2.39. The van der Waals surface area contributed by atoms with E-state index in [1.54, 1.807) is 0 Å². The van der Waals surface area contributed by atoms with E-state index in [-0.39, 0.29) is 0 Å². The van der Waals surface area contributed by atoms with E-state index in [9.17, 15) is 0 Å². The van der Waals surface area contributed by atoms with Crippen molar-refractivity contribution < 1.29 is 0 Å². The van der Waals surface area contributed by atoms with Gasteiger partial charge in [-0.25, -0.2) is 0 Å². The lowest BCUT2D eigenvalue weighted by Crippen LogP contribution is -2.47. The summed E-state index contributed by atoms with van der Waals surface area (Å²) in [5.41, 5.74) is 4.69. The maximum Gasteiger partial charge on any atom is 0.0228 e. The Morgan fingerprint density at radius 3 is 2.50 bits per heavy atom. The van der Waals surface area contributed by atoms with Crippen molar-refractivity contribution in [3.8, 4) is 0 Å². The van der Waals surface area contributed by atoms with E-state index >= 15 is 0 Å². The van der Waals surface area contributed by atoms with E-state index in [1.165, 1.54) is 36.2 Å². The first-order valence-electron chi connectivity index (χ1n) is 6.46. The third-order valence-corrected chi connectivity index (χ3v) is 4.16. The number of nitrogens with zero attached hydrogens (tertiary/aromatic N) is 1. The molecule has 0 unspecified atom stereocenters. The molecule has 0 atom stereocenters. The molecular formula is C14H24N2. The molecule has 90 valence electrons. The quantitative estimate of drug-likeness (QED) is 0.824. The van der Waals surface area contributed by atoms with Gasteiger partial charge in [-0.1, -0.05) is 0 Å². The van der Waals surface area contributed by atoms with Gasteiger partial charge in [0.1, 0.15) is 0 Å². The summed E-state index contributed by atoms with van der Waals surface area (Å²) in [6.45, 7) is 11.1. The molecule has 0 bridgehead atoms. The van der Waals surface area contributed by atoms with Crippen molar-refractivity contribution in [2.75, 3.05) is 0 Å². The minimum Gasteiger partial charge on any atom is -0.349 e. The SMILES string of the molecule is CCn1c(C)cc(CNC2(C)CCC2)c1C. The lowest BCUT2D eigenvalue weighted by Gasteiger charge is -2.39. The first-order chi connectivity index (χ1) is 7.56. The molecule has 0 aromatic carbocycles. The molecule has 1 saturated carbocycles. The highest BCUT2D eigenvalue weighted by molar-refractivity contribution is 5.26. The fourth-order valence-electron chi connectivity index (χ4n) is 2.73. The molecule has 0 saturated heterocycles. The summed E-state index contributed by atoms with van der Waals surface area (Å²) in [6, 6.07) is 2.33. The zero-order valence-corrected chi connectivity index (χ0v) is 11.1. The van der Waals surface area contributed by atoms with Crippen LogP contribution in [0.25, 0.3) is 0 Å². The molecule has 0 amide bonds. The van der Waals surface area contributed by atoms with Gasteiger partial charge in [0.25, 0.3) is 0 Å². The van der Waals surface area contributed by atoms with Crippen molar-refractivity contribution in [3.63, 3.8) is 0 Å². The average Bonchev–Trinajstić information content (AvgIpc) is 2.48. The lowest BCUT2D eigenvalue weighted by molar-refractivity contribution is 0.206. The second-order valence-electron chi connectivity index (χ2n) is 5.41. The molecule has 1 aromatic rings. The van der Waals surface area contributed by atoms with Crippen molar-refractivity contribution in [1.82, 2.24) is 9.88 Å². The molecule has 0 radical (unpaired) electrons. The van der Waals surface area contributed by atoms with Gasteiger partial charge in [-0.05, 0) is 58.6 Å². The summed E-state index contributed by atoms with van der Waals surface area (Å²) in [7, 11) is 0. The largest absolute Gasteiger partial charge is 0.349 e. The molecule has 1 fully saturated rings. The Kier molecular flexibility index (Phi) is 3.11. The van der Waals surface area contributed by atoms with Gasteiger partial charge in [0.15, 0.2) is 0 Å². The van der Waals surface area contributed by atoms with E-state index in [4.69, 9.17) is 0 Å². The molecule has 2 nitrogen and oxygen atoms in total. The number of aryl methyl sites for hydroxylation is 1. The van der Waals surface area contributed by atoms with Gasteiger partial charge in [-0.2, -0.15) is 0 Å². The van der Waals surface area contributed by atoms with Crippen LogP contribution in [0.4, 0.5) is 0 Å². The number of nitrogens with one attached hydrogen (secondary N) is 1. The Labute approximate surface area is 99.0 Å². The first kappa shape index (κ1) is 11.7. The summed E-state index contributed by atoms with van der Waals surface area (Å²) >= 11 is 0. The fraction of sp³-hybridized carbons (Fsp3) is 0.714. The molecule has 1 aliphatic carbocycles. The van der Waals surface area contributed by atoms with E-state index in [2.05, 4.69) is 43.6 Å². The second-order valence-corrected chi connectivity index (χ2v) is 5.41. The van der Waals surface area contributed by atoms with Crippen LogP contribution in [0.1, 0.15) is 50.1 Å². The summed E-state index contributed by atoms with van der Waals surface area (Å²) in [5, 5.41) is 3.70. The highest BCUT2D eigenvalue weighted by atomic mass is 15.0. The maximum atomic E-state index is 3.70. The van der Waals surface area contributed by atoms with Crippen LogP contribution in [0.15, 0.2) is 6.07 Å². The van der Waals surface area contributed by atoms with E-state index < -0.39 is 0 Å². The Bertz CT molecular complexity index is 372. The van der Waals surface area contributed by atoms with Crippen LogP contribution < -0.4 is 5.32 Å². The normalized spacial score (nSPS) is 18.5. The van der Waals surface area contributed by atoms with Gasteiger partial charge in [-0.3, -0.25) is 0 Å². The lowest BCUT2D eigenvalue weighted by atomic mass is 9.78. The maximum absolute atomic E-state index is 3.70. The van der Waals surface area contributed by atoms with Gasteiger partial charge in [0, 0.05) is 30.0 Å². The smallest absolute Gasteiger partial charge is 0.0228 e. The molecule has 2 heteroatoms. The molecule has 1 aromatic heterocycles. The van der Waals surface area contributed by atoms with Crippen molar-refractivity contribution >= 4 is 0 Å². The van der Waals surface area contributed by atoms with E-state index in [1.807, 2.05) is 0 Å². The third-order valence-electron chi connectivity index (χ3n) is 4.16. The fourth-order valence-corrected chi connectivity index (χ4v) is 2.73. The molecular weight excluding hydrogens is 196 g/mol. The zero-order chi connectivity index (χ0) is 11.8. The van der Waals surface area contributed by atoms with Crippen LogP contribution in [-0.4, -0.2) is 10.1 Å².